The molecular weight excluding hydrogens is 416 g/mol. The molecule has 0 aromatic heterocycles. The average molecular weight is 453 g/mol. The molecule has 0 radical (unpaired) electrons. The van der Waals surface area contributed by atoms with Gasteiger partial charge in [-0.05, 0) is 61.4 Å². The summed E-state index contributed by atoms with van der Waals surface area (Å²) in [5.41, 5.74) is 7.32. The van der Waals surface area contributed by atoms with Crippen LogP contribution in [0, 0.1) is 13.8 Å². The van der Waals surface area contributed by atoms with Gasteiger partial charge in [-0.15, -0.1) is 0 Å². The van der Waals surface area contributed by atoms with E-state index in [4.69, 9.17) is 0 Å². The summed E-state index contributed by atoms with van der Waals surface area (Å²) in [7, 11) is 0. The summed E-state index contributed by atoms with van der Waals surface area (Å²) in [4.78, 5) is 0. The molecule has 0 aliphatic rings. The number of aryl methyl sites for hydroxylation is 2. The van der Waals surface area contributed by atoms with Gasteiger partial charge in [-0.25, -0.2) is 0 Å². The molecule has 0 amide bonds. The van der Waals surface area contributed by atoms with E-state index in [-0.39, 0.29) is 0 Å². The Kier molecular flexibility index (Phi) is 10.4. The SMILES string of the molecule is Cc1ccccc1NCCNc1ccccc1C.c1ccc(NCCNc2ccccc2)cc1. The van der Waals surface area contributed by atoms with Gasteiger partial charge in [0.05, 0.1) is 0 Å². The van der Waals surface area contributed by atoms with Crippen molar-refractivity contribution < 1.29 is 0 Å². The zero-order valence-corrected chi connectivity index (χ0v) is 20.2. The van der Waals surface area contributed by atoms with E-state index in [1.807, 2.05) is 36.4 Å². The Hall–Kier alpha value is -3.92. The van der Waals surface area contributed by atoms with E-state index in [1.165, 1.54) is 22.5 Å². The maximum Gasteiger partial charge on any atom is 0.0370 e. The van der Waals surface area contributed by atoms with Crippen LogP contribution in [0.3, 0.4) is 0 Å². The second-order valence-electron chi connectivity index (χ2n) is 8.07. The predicted molar refractivity (Wildman–Crippen MR) is 149 cm³/mol. The van der Waals surface area contributed by atoms with Gasteiger partial charge in [0.25, 0.3) is 0 Å². The van der Waals surface area contributed by atoms with Gasteiger partial charge in [0.2, 0.25) is 0 Å². The lowest BCUT2D eigenvalue weighted by atomic mass is 10.2. The minimum absolute atomic E-state index is 0.916. The Balaban J connectivity index is 0.000000192. The average Bonchev–Trinajstić information content (AvgIpc) is 2.88. The van der Waals surface area contributed by atoms with Crippen LogP contribution in [0.25, 0.3) is 0 Å². The molecule has 0 saturated carbocycles. The molecule has 0 aliphatic carbocycles. The number of anilines is 4. The van der Waals surface area contributed by atoms with E-state index in [9.17, 15) is 0 Å². The number of nitrogens with one attached hydrogen (secondary N) is 4. The molecule has 34 heavy (non-hydrogen) atoms. The second-order valence-corrected chi connectivity index (χ2v) is 8.07. The largest absolute Gasteiger partial charge is 0.383 e. The van der Waals surface area contributed by atoms with Crippen molar-refractivity contribution in [2.75, 3.05) is 47.4 Å². The zero-order chi connectivity index (χ0) is 23.8. The van der Waals surface area contributed by atoms with E-state index in [1.54, 1.807) is 0 Å². The second kappa shape index (κ2) is 14.3. The fourth-order valence-electron chi connectivity index (χ4n) is 3.46. The van der Waals surface area contributed by atoms with Gasteiger partial charge < -0.3 is 21.3 Å². The minimum Gasteiger partial charge on any atom is -0.383 e. The highest BCUT2D eigenvalue weighted by Gasteiger charge is 1.97. The molecule has 0 aliphatic heterocycles. The number of benzene rings is 4. The minimum atomic E-state index is 0.916. The molecule has 4 aromatic carbocycles. The van der Waals surface area contributed by atoms with Gasteiger partial charge in [0, 0.05) is 48.9 Å². The van der Waals surface area contributed by atoms with Crippen LogP contribution in [0.4, 0.5) is 22.7 Å². The smallest absolute Gasteiger partial charge is 0.0370 e. The molecule has 4 N–H and O–H groups in total. The van der Waals surface area contributed by atoms with Crippen LogP contribution in [0.15, 0.2) is 109 Å². The summed E-state index contributed by atoms with van der Waals surface area (Å²) < 4.78 is 0. The molecule has 0 fully saturated rings. The Morgan fingerprint density at radius 2 is 0.706 bits per heavy atom. The summed E-state index contributed by atoms with van der Waals surface area (Å²) in [5, 5.41) is 13.6. The molecule has 0 heterocycles. The maximum atomic E-state index is 3.44. The lowest BCUT2D eigenvalue weighted by molar-refractivity contribution is 1.07. The van der Waals surface area contributed by atoms with Crippen molar-refractivity contribution in [3.63, 3.8) is 0 Å². The quantitative estimate of drug-likeness (QED) is 0.195. The van der Waals surface area contributed by atoms with Crippen molar-refractivity contribution in [3.8, 4) is 0 Å². The van der Waals surface area contributed by atoms with Crippen molar-refractivity contribution in [2.24, 2.45) is 0 Å². The van der Waals surface area contributed by atoms with Gasteiger partial charge in [-0.1, -0.05) is 72.8 Å². The van der Waals surface area contributed by atoms with Crippen LogP contribution in [-0.4, -0.2) is 26.2 Å². The van der Waals surface area contributed by atoms with Gasteiger partial charge in [0.1, 0.15) is 0 Å². The number of rotatable bonds is 10. The lowest BCUT2D eigenvalue weighted by Crippen LogP contribution is -2.14. The fraction of sp³-hybridized carbons (Fsp3) is 0.200. The molecule has 4 rings (SSSR count). The third-order valence-corrected chi connectivity index (χ3v) is 5.38. The first-order chi connectivity index (χ1) is 16.7. The molecule has 0 saturated heterocycles. The molecular formula is C30H36N4. The van der Waals surface area contributed by atoms with Gasteiger partial charge >= 0.3 is 0 Å². The van der Waals surface area contributed by atoms with Crippen LogP contribution in [0.1, 0.15) is 11.1 Å². The van der Waals surface area contributed by atoms with Crippen LogP contribution >= 0.6 is 0 Å². The van der Waals surface area contributed by atoms with Crippen molar-refractivity contribution in [2.45, 2.75) is 13.8 Å². The third-order valence-electron chi connectivity index (χ3n) is 5.38. The first kappa shape index (κ1) is 24.7. The first-order valence-corrected chi connectivity index (χ1v) is 11.9. The Morgan fingerprint density at radius 1 is 0.382 bits per heavy atom. The van der Waals surface area contributed by atoms with Crippen LogP contribution in [0.2, 0.25) is 0 Å². The molecule has 176 valence electrons. The van der Waals surface area contributed by atoms with E-state index in [0.29, 0.717) is 0 Å². The monoisotopic (exact) mass is 452 g/mol. The number of hydrogen-bond acceptors (Lipinski definition) is 4. The summed E-state index contributed by atoms with van der Waals surface area (Å²) in [6.07, 6.45) is 0. The summed E-state index contributed by atoms with van der Waals surface area (Å²) >= 11 is 0. The summed E-state index contributed by atoms with van der Waals surface area (Å²) in [6, 6.07) is 37.2. The standard InChI is InChI=1S/C16H20N2.C14H16N2/c1-13-7-3-5-9-15(13)17-11-12-18-16-10-6-4-8-14(16)2;1-3-7-13(8-4-1)15-11-12-16-14-9-5-2-6-10-14/h3-10,17-18H,11-12H2,1-2H3;1-10,15-16H,11-12H2. The Bertz CT molecular complexity index is 992. The van der Waals surface area contributed by atoms with Crippen molar-refractivity contribution in [1.29, 1.82) is 0 Å². The van der Waals surface area contributed by atoms with E-state index in [0.717, 1.165) is 37.6 Å². The van der Waals surface area contributed by atoms with Gasteiger partial charge in [0.15, 0.2) is 0 Å². The number of hydrogen-bond donors (Lipinski definition) is 4. The van der Waals surface area contributed by atoms with Crippen LogP contribution < -0.4 is 21.3 Å². The number of para-hydroxylation sites is 4. The molecule has 4 aromatic rings. The summed E-state index contributed by atoms with van der Waals surface area (Å²) in [5.74, 6) is 0. The van der Waals surface area contributed by atoms with Crippen molar-refractivity contribution in [3.05, 3.63) is 120 Å². The van der Waals surface area contributed by atoms with Gasteiger partial charge in [-0.3, -0.25) is 0 Å². The third kappa shape index (κ3) is 8.91. The molecule has 0 spiro atoms. The lowest BCUT2D eigenvalue weighted by Gasteiger charge is -2.12. The van der Waals surface area contributed by atoms with Crippen molar-refractivity contribution >= 4 is 22.7 Å². The predicted octanol–water partition coefficient (Wildman–Crippen LogP) is 7.04. The van der Waals surface area contributed by atoms with E-state index < -0.39 is 0 Å². The molecule has 0 unspecified atom stereocenters. The molecule has 4 heteroatoms. The first-order valence-electron chi connectivity index (χ1n) is 11.9. The van der Waals surface area contributed by atoms with E-state index in [2.05, 4.69) is 108 Å². The Morgan fingerprint density at radius 3 is 1.09 bits per heavy atom. The normalized spacial score (nSPS) is 9.94. The molecule has 0 bridgehead atoms. The topological polar surface area (TPSA) is 48.1 Å². The Labute approximate surface area is 204 Å². The van der Waals surface area contributed by atoms with Crippen LogP contribution in [0.5, 0.6) is 0 Å². The highest BCUT2D eigenvalue weighted by Crippen LogP contribution is 2.14. The molecule has 4 nitrogen and oxygen atoms in total. The zero-order valence-electron chi connectivity index (χ0n) is 20.2. The highest BCUT2D eigenvalue weighted by atomic mass is 15.0. The fourth-order valence-corrected chi connectivity index (χ4v) is 3.46. The van der Waals surface area contributed by atoms with Crippen LogP contribution in [-0.2, 0) is 0 Å². The van der Waals surface area contributed by atoms with E-state index >= 15 is 0 Å². The van der Waals surface area contributed by atoms with Gasteiger partial charge in [-0.2, -0.15) is 0 Å². The maximum absolute atomic E-state index is 3.44. The molecule has 0 atom stereocenters. The summed E-state index contributed by atoms with van der Waals surface area (Å²) in [6.45, 7) is 7.91. The van der Waals surface area contributed by atoms with Crippen molar-refractivity contribution in [1.82, 2.24) is 0 Å². The highest BCUT2D eigenvalue weighted by molar-refractivity contribution is 5.52.